The lowest BCUT2D eigenvalue weighted by atomic mass is 10.1. The number of aryl methyl sites for hydroxylation is 5. The Morgan fingerprint density at radius 1 is 1.26 bits per heavy atom. The third-order valence-corrected chi connectivity index (χ3v) is 5.14. The number of carbonyl (C=O) groups is 1. The normalized spacial score (nSPS) is 12.3. The Balaban J connectivity index is 2.16. The lowest BCUT2D eigenvalue weighted by molar-refractivity contribution is 0.0988. The van der Waals surface area contributed by atoms with Gasteiger partial charge in [0, 0.05) is 13.6 Å². The summed E-state index contributed by atoms with van der Waals surface area (Å²) in [6.45, 7) is 8.67. The maximum Gasteiger partial charge on any atom is 0.297 e. The molecule has 5 nitrogen and oxygen atoms in total. The van der Waals surface area contributed by atoms with Crippen molar-refractivity contribution in [3.8, 4) is 0 Å². The highest BCUT2D eigenvalue weighted by Gasteiger charge is 2.13. The number of thiazole rings is 1. The molecule has 0 atom stereocenters. The van der Waals surface area contributed by atoms with E-state index in [0.717, 1.165) is 11.2 Å². The Morgan fingerprint density at radius 3 is 2.70 bits per heavy atom. The van der Waals surface area contributed by atoms with Crippen LogP contribution in [0.4, 0.5) is 0 Å². The number of aromatic nitrogens is 3. The van der Waals surface area contributed by atoms with Gasteiger partial charge in [-0.05, 0) is 51.0 Å². The minimum Gasteiger partial charge on any atom is -0.319 e. The molecule has 0 bridgehead atoms. The second-order valence-corrected chi connectivity index (χ2v) is 6.75. The SMILES string of the molecule is CCn1nc(C)cc1C(=O)N=c1sc2c(C)cc(C)cc2n1C. The second kappa shape index (κ2) is 5.77. The van der Waals surface area contributed by atoms with E-state index in [1.165, 1.54) is 15.8 Å². The van der Waals surface area contributed by atoms with E-state index in [4.69, 9.17) is 0 Å². The minimum absolute atomic E-state index is 0.246. The number of fused-ring (bicyclic) bond motifs is 1. The van der Waals surface area contributed by atoms with E-state index >= 15 is 0 Å². The Hall–Kier alpha value is -2.21. The predicted octanol–water partition coefficient (Wildman–Crippen LogP) is 3.12. The summed E-state index contributed by atoms with van der Waals surface area (Å²) in [6.07, 6.45) is 0. The van der Waals surface area contributed by atoms with Crippen molar-refractivity contribution >= 4 is 27.5 Å². The largest absolute Gasteiger partial charge is 0.319 e. The van der Waals surface area contributed by atoms with E-state index in [0.29, 0.717) is 17.0 Å². The van der Waals surface area contributed by atoms with Gasteiger partial charge in [-0.25, -0.2) is 0 Å². The molecule has 0 saturated carbocycles. The van der Waals surface area contributed by atoms with E-state index in [-0.39, 0.29) is 5.91 Å². The van der Waals surface area contributed by atoms with Crippen LogP contribution in [0.15, 0.2) is 23.2 Å². The van der Waals surface area contributed by atoms with Gasteiger partial charge in [0.25, 0.3) is 5.91 Å². The van der Waals surface area contributed by atoms with Crippen LogP contribution >= 0.6 is 11.3 Å². The molecule has 0 aliphatic rings. The first kappa shape index (κ1) is 15.7. The number of carbonyl (C=O) groups excluding carboxylic acids is 1. The van der Waals surface area contributed by atoms with Gasteiger partial charge in [0.1, 0.15) is 5.69 Å². The number of nitrogens with zero attached hydrogens (tertiary/aromatic N) is 4. The topological polar surface area (TPSA) is 52.2 Å². The van der Waals surface area contributed by atoms with E-state index in [2.05, 4.69) is 36.1 Å². The molecule has 0 aliphatic carbocycles. The molecule has 0 unspecified atom stereocenters. The summed E-state index contributed by atoms with van der Waals surface area (Å²) in [5.41, 5.74) is 4.90. The highest BCUT2D eigenvalue weighted by atomic mass is 32.1. The highest BCUT2D eigenvalue weighted by molar-refractivity contribution is 7.16. The molecule has 23 heavy (non-hydrogen) atoms. The molecule has 3 rings (SSSR count). The van der Waals surface area contributed by atoms with Gasteiger partial charge in [-0.2, -0.15) is 10.1 Å². The molecule has 0 N–H and O–H groups in total. The van der Waals surface area contributed by atoms with Gasteiger partial charge in [0.2, 0.25) is 0 Å². The van der Waals surface area contributed by atoms with Crippen molar-refractivity contribution in [3.63, 3.8) is 0 Å². The average Bonchev–Trinajstić information content (AvgIpc) is 3.01. The van der Waals surface area contributed by atoms with Crippen molar-refractivity contribution in [1.82, 2.24) is 14.3 Å². The van der Waals surface area contributed by atoms with Crippen molar-refractivity contribution in [2.75, 3.05) is 0 Å². The van der Waals surface area contributed by atoms with E-state index < -0.39 is 0 Å². The van der Waals surface area contributed by atoms with Crippen molar-refractivity contribution in [2.45, 2.75) is 34.2 Å². The quantitative estimate of drug-likeness (QED) is 0.726. The maximum absolute atomic E-state index is 12.6. The monoisotopic (exact) mass is 328 g/mol. The summed E-state index contributed by atoms with van der Waals surface area (Å²) in [7, 11) is 1.95. The van der Waals surface area contributed by atoms with Crippen LogP contribution in [0.2, 0.25) is 0 Å². The molecule has 2 aromatic heterocycles. The Morgan fingerprint density at radius 2 is 2.00 bits per heavy atom. The predicted molar refractivity (Wildman–Crippen MR) is 92.8 cm³/mol. The summed E-state index contributed by atoms with van der Waals surface area (Å²) < 4.78 is 4.85. The fourth-order valence-electron chi connectivity index (χ4n) is 2.78. The molecule has 1 amide bonds. The standard InChI is InChI=1S/C17H20N4OS/c1-6-21-14(9-12(4)19-21)16(22)18-17-20(5)13-8-10(2)7-11(3)15(13)23-17/h7-9H,6H2,1-5H3. The lowest BCUT2D eigenvalue weighted by Gasteiger charge is -2.00. The first-order valence-corrected chi connectivity index (χ1v) is 8.42. The van der Waals surface area contributed by atoms with E-state index in [9.17, 15) is 4.79 Å². The zero-order valence-electron chi connectivity index (χ0n) is 14.0. The zero-order valence-corrected chi connectivity index (χ0v) is 14.9. The van der Waals surface area contributed by atoms with Gasteiger partial charge in [0.05, 0.1) is 15.9 Å². The third-order valence-electron chi connectivity index (χ3n) is 3.86. The Labute approximate surface area is 138 Å². The molecule has 0 saturated heterocycles. The first-order chi connectivity index (χ1) is 10.9. The van der Waals surface area contributed by atoms with Gasteiger partial charge >= 0.3 is 0 Å². The summed E-state index contributed by atoms with van der Waals surface area (Å²) in [6, 6.07) is 6.07. The van der Waals surface area contributed by atoms with Crippen LogP contribution in [-0.2, 0) is 13.6 Å². The van der Waals surface area contributed by atoms with Crippen LogP contribution in [0.25, 0.3) is 10.2 Å². The molecule has 3 aromatic rings. The lowest BCUT2D eigenvalue weighted by Crippen LogP contribution is -2.15. The number of benzene rings is 1. The molecule has 0 aliphatic heterocycles. The Bertz CT molecular complexity index is 975. The van der Waals surface area contributed by atoms with Gasteiger partial charge in [0.15, 0.2) is 4.80 Å². The van der Waals surface area contributed by atoms with Gasteiger partial charge in [-0.3, -0.25) is 9.48 Å². The number of amides is 1. The van der Waals surface area contributed by atoms with Crippen LogP contribution < -0.4 is 4.80 Å². The summed E-state index contributed by atoms with van der Waals surface area (Å²) in [4.78, 5) is 17.6. The van der Waals surface area contributed by atoms with Crippen LogP contribution in [0.1, 0.15) is 34.2 Å². The van der Waals surface area contributed by atoms with Crippen LogP contribution in [0.5, 0.6) is 0 Å². The van der Waals surface area contributed by atoms with Crippen molar-refractivity contribution in [1.29, 1.82) is 0 Å². The molecule has 0 radical (unpaired) electrons. The van der Waals surface area contributed by atoms with Crippen molar-refractivity contribution < 1.29 is 4.79 Å². The smallest absolute Gasteiger partial charge is 0.297 e. The molecule has 6 heteroatoms. The number of hydrogen-bond donors (Lipinski definition) is 0. The molecule has 120 valence electrons. The molecule has 1 aromatic carbocycles. The summed E-state index contributed by atoms with van der Waals surface area (Å²) in [5, 5.41) is 4.32. The first-order valence-electron chi connectivity index (χ1n) is 7.61. The molecule has 0 fully saturated rings. The maximum atomic E-state index is 12.6. The third kappa shape index (κ3) is 2.74. The second-order valence-electron chi connectivity index (χ2n) is 5.78. The van der Waals surface area contributed by atoms with Gasteiger partial charge in [-0.1, -0.05) is 17.4 Å². The van der Waals surface area contributed by atoms with Crippen molar-refractivity contribution in [2.24, 2.45) is 12.0 Å². The summed E-state index contributed by atoms with van der Waals surface area (Å²) in [5.74, 6) is -0.246. The fraction of sp³-hybridized carbons (Fsp3) is 0.353. The minimum atomic E-state index is -0.246. The van der Waals surface area contributed by atoms with E-state index in [1.54, 1.807) is 22.1 Å². The zero-order chi connectivity index (χ0) is 16.7. The summed E-state index contributed by atoms with van der Waals surface area (Å²) >= 11 is 1.55. The van der Waals surface area contributed by atoms with Crippen LogP contribution in [0.3, 0.4) is 0 Å². The van der Waals surface area contributed by atoms with Crippen LogP contribution in [-0.4, -0.2) is 20.3 Å². The number of rotatable bonds is 2. The number of hydrogen-bond acceptors (Lipinski definition) is 3. The fourth-order valence-corrected chi connectivity index (χ4v) is 3.84. The average molecular weight is 328 g/mol. The van der Waals surface area contributed by atoms with Gasteiger partial charge in [-0.15, -0.1) is 0 Å². The Kier molecular flexibility index (Phi) is 3.93. The highest BCUT2D eigenvalue weighted by Crippen LogP contribution is 2.22. The van der Waals surface area contributed by atoms with E-state index in [1.807, 2.05) is 25.5 Å². The van der Waals surface area contributed by atoms with Crippen molar-refractivity contribution in [3.05, 3.63) is 45.5 Å². The molecular formula is C17H20N4OS. The van der Waals surface area contributed by atoms with Crippen LogP contribution in [0, 0.1) is 20.8 Å². The molecule has 0 spiro atoms. The molecular weight excluding hydrogens is 308 g/mol. The van der Waals surface area contributed by atoms with Gasteiger partial charge < -0.3 is 4.57 Å². The molecule has 2 heterocycles.